The molecular formula is C14F26O3. The minimum Gasteiger partial charge on any atom is -0.447 e. The summed E-state index contributed by atoms with van der Waals surface area (Å²) >= 11 is 0. The van der Waals surface area contributed by atoms with Crippen LogP contribution in [0.25, 0.3) is 0 Å². The van der Waals surface area contributed by atoms with Gasteiger partial charge in [-0.3, -0.25) is 0 Å². The second-order valence-electron chi connectivity index (χ2n) is 6.87. The molecule has 2 atom stereocenters. The Morgan fingerprint density at radius 2 is 0.558 bits per heavy atom. The second-order valence-corrected chi connectivity index (χ2v) is 6.87. The number of ether oxygens (including phenoxy) is 3. The maximum absolute atomic E-state index is 14.7. The number of halogens is 26. The zero-order valence-electron chi connectivity index (χ0n) is 18.1. The summed E-state index contributed by atoms with van der Waals surface area (Å²) in [5.41, 5.74) is -17.6. The molecule has 0 radical (unpaired) electrons. The van der Waals surface area contributed by atoms with E-state index in [4.69, 9.17) is 0 Å². The summed E-state index contributed by atoms with van der Waals surface area (Å²) in [6, 6.07) is 0. The molecule has 0 saturated carbocycles. The first-order valence-corrected chi connectivity index (χ1v) is 8.64. The molecule has 0 aliphatic heterocycles. The first-order valence-electron chi connectivity index (χ1n) is 8.64. The minimum absolute atomic E-state index is 1.10. The van der Waals surface area contributed by atoms with E-state index in [9.17, 15) is 114 Å². The molecule has 0 spiro atoms. The molecule has 0 aromatic heterocycles. The molecule has 256 valence electrons. The van der Waals surface area contributed by atoms with Crippen LogP contribution < -0.4 is 0 Å². The predicted octanol–water partition coefficient (Wildman–Crippen LogP) is 9.29. The van der Waals surface area contributed by atoms with Crippen LogP contribution in [0.5, 0.6) is 0 Å². The van der Waals surface area contributed by atoms with Crippen LogP contribution in [0.4, 0.5) is 114 Å². The summed E-state index contributed by atoms with van der Waals surface area (Å²) in [5, 5.41) is 0. The van der Waals surface area contributed by atoms with Gasteiger partial charge in [0.05, 0.1) is 0 Å². The number of hydrogen-bond donors (Lipinski definition) is 0. The van der Waals surface area contributed by atoms with E-state index in [0.717, 1.165) is 9.47 Å². The fourth-order valence-corrected chi connectivity index (χ4v) is 2.32. The summed E-state index contributed by atoms with van der Waals surface area (Å²) in [7, 11) is 0. The van der Waals surface area contributed by atoms with Crippen LogP contribution in [-0.4, -0.2) is 60.5 Å². The molecule has 2 unspecified atom stereocenters. The van der Waals surface area contributed by atoms with E-state index in [2.05, 4.69) is 0 Å². The van der Waals surface area contributed by atoms with Gasteiger partial charge in [-0.15, -0.1) is 26.3 Å². The summed E-state index contributed by atoms with van der Waals surface area (Å²) < 4.78 is 344. The summed E-state index contributed by atoms with van der Waals surface area (Å²) in [5.74, 6) is -29.1. The zero-order valence-corrected chi connectivity index (χ0v) is 18.1. The lowest BCUT2D eigenvalue weighted by Crippen LogP contribution is -2.68. The monoisotopic (exact) mass is 710 g/mol. The maximum atomic E-state index is 14.7. The fourth-order valence-electron chi connectivity index (χ4n) is 2.32. The quantitative estimate of drug-likeness (QED) is 0.167. The Hall–Kier alpha value is -2.62. The van der Waals surface area contributed by atoms with Crippen LogP contribution in [-0.2, 0) is 14.2 Å². The van der Waals surface area contributed by atoms with Crippen LogP contribution in [0.3, 0.4) is 0 Å². The van der Waals surface area contributed by atoms with Gasteiger partial charge < -0.3 is 4.74 Å². The first-order chi connectivity index (χ1) is 18.3. The molecule has 0 bridgehead atoms. The van der Waals surface area contributed by atoms with Crippen molar-refractivity contribution in [1.29, 1.82) is 0 Å². The van der Waals surface area contributed by atoms with Crippen molar-refractivity contribution in [2.24, 2.45) is 0 Å². The van der Waals surface area contributed by atoms with Gasteiger partial charge in [0.15, 0.2) is 0 Å². The molecule has 0 fully saturated rings. The molecule has 0 aromatic carbocycles. The highest BCUT2D eigenvalue weighted by Gasteiger charge is 2.88. The van der Waals surface area contributed by atoms with Gasteiger partial charge in [-0.1, -0.05) is 0 Å². The van der Waals surface area contributed by atoms with Crippen molar-refractivity contribution in [3.8, 4) is 0 Å². The van der Waals surface area contributed by atoms with Crippen molar-refractivity contribution < 1.29 is 128 Å². The molecule has 3 nitrogen and oxygen atoms in total. The second kappa shape index (κ2) is 11.1. The van der Waals surface area contributed by atoms with Crippen molar-refractivity contribution in [2.45, 2.75) is 60.5 Å². The highest BCUT2D eigenvalue weighted by molar-refractivity contribution is 5.30. The molecule has 0 heterocycles. The fraction of sp³-hybridized carbons (Fsp3) is 0.714. The Balaban J connectivity index is 8.24. The number of alkyl halides is 22. The van der Waals surface area contributed by atoms with E-state index in [0.29, 0.717) is 0 Å². The average Bonchev–Trinajstić information content (AvgIpc) is 2.66. The molecule has 29 heteroatoms. The molecule has 0 amide bonds. The largest absolute Gasteiger partial charge is 0.527 e. The summed E-state index contributed by atoms with van der Waals surface area (Å²) in [4.78, 5) is 0. The molecule has 0 rings (SSSR count). The summed E-state index contributed by atoms with van der Waals surface area (Å²) in [6.45, 7) is 0. The Morgan fingerprint density at radius 1 is 0.349 bits per heavy atom. The van der Waals surface area contributed by atoms with E-state index in [1.165, 1.54) is 0 Å². The molecule has 0 aliphatic carbocycles. The molecular weight excluding hydrogens is 710 g/mol. The van der Waals surface area contributed by atoms with Crippen LogP contribution in [0.15, 0.2) is 23.7 Å². The van der Waals surface area contributed by atoms with Crippen molar-refractivity contribution in [3.63, 3.8) is 0 Å². The SMILES string of the molecule is FC(F)=C(OC(=C(F)F)C(F)(C(F)(F)OC(F)(F)F)C(F)(F)C(F)(F)F)C(F)(C(F)(F)OC(F)(F)F)C(F)(F)C(F)(F)F. The lowest BCUT2D eigenvalue weighted by molar-refractivity contribution is -0.481. The normalized spacial score (nSPS) is 17.6. The van der Waals surface area contributed by atoms with Crippen LogP contribution >= 0.6 is 0 Å². The minimum atomic E-state index is -8.78. The highest BCUT2D eigenvalue weighted by Crippen LogP contribution is 2.62. The highest BCUT2D eigenvalue weighted by atomic mass is 19.4. The Bertz CT molecular complexity index is 981. The number of hydrogen-bond acceptors (Lipinski definition) is 3. The van der Waals surface area contributed by atoms with Crippen LogP contribution in [0.2, 0.25) is 0 Å². The van der Waals surface area contributed by atoms with E-state index in [1.54, 1.807) is 4.74 Å². The average molecular weight is 710 g/mol. The van der Waals surface area contributed by atoms with Gasteiger partial charge in [0.2, 0.25) is 11.5 Å². The Kier molecular flexibility index (Phi) is 10.4. The zero-order chi connectivity index (χ0) is 35.4. The molecule has 0 saturated heterocycles. The third-order valence-electron chi connectivity index (χ3n) is 4.04. The van der Waals surface area contributed by atoms with Crippen molar-refractivity contribution in [1.82, 2.24) is 0 Å². The summed E-state index contributed by atoms with van der Waals surface area (Å²) in [6.07, 6.45) is -59.7. The topological polar surface area (TPSA) is 27.7 Å². The molecule has 43 heavy (non-hydrogen) atoms. The number of rotatable bonds is 10. The van der Waals surface area contributed by atoms with Crippen molar-refractivity contribution in [3.05, 3.63) is 23.7 Å². The molecule has 0 N–H and O–H groups in total. The van der Waals surface area contributed by atoms with Gasteiger partial charge in [-0.25, -0.2) is 18.3 Å². The van der Waals surface area contributed by atoms with Gasteiger partial charge in [-0.2, -0.15) is 79.0 Å². The lowest BCUT2D eigenvalue weighted by Gasteiger charge is -2.42. The predicted molar refractivity (Wildman–Crippen MR) is 73.4 cm³/mol. The third kappa shape index (κ3) is 7.21. The van der Waals surface area contributed by atoms with Gasteiger partial charge >= 0.3 is 72.6 Å². The van der Waals surface area contributed by atoms with Gasteiger partial charge in [0.25, 0.3) is 0 Å². The first kappa shape index (κ1) is 40.4. The Labute approximate surface area is 214 Å². The van der Waals surface area contributed by atoms with Crippen LogP contribution in [0, 0.1) is 0 Å². The lowest BCUT2D eigenvalue weighted by atomic mass is 9.90. The Morgan fingerprint density at radius 3 is 0.698 bits per heavy atom. The smallest absolute Gasteiger partial charge is 0.447 e. The van der Waals surface area contributed by atoms with E-state index >= 15 is 0 Å². The maximum Gasteiger partial charge on any atom is 0.527 e. The van der Waals surface area contributed by atoms with E-state index in [1.807, 2.05) is 0 Å². The molecule has 0 aromatic rings. The van der Waals surface area contributed by atoms with Gasteiger partial charge in [0, 0.05) is 0 Å². The van der Waals surface area contributed by atoms with Crippen molar-refractivity contribution >= 4 is 0 Å². The van der Waals surface area contributed by atoms with Gasteiger partial charge in [0.1, 0.15) is 0 Å². The van der Waals surface area contributed by atoms with Crippen LogP contribution in [0.1, 0.15) is 0 Å². The standard InChI is InChI=1S/C14F26O3/c15-3(16)1(5(19,7(21,22)9(25,26)27)11(31,32)42-13(35,36)37)41-2(4(17)18)6(20,8(23,24)10(28,29)30)12(33,34)43-14(38,39)40. The molecule has 0 aliphatic rings. The van der Waals surface area contributed by atoms with E-state index < -0.39 is 84.2 Å². The third-order valence-corrected chi connectivity index (χ3v) is 4.04. The van der Waals surface area contributed by atoms with Crippen molar-refractivity contribution in [2.75, 3.05) is 0 Å². The van der Waals surface area contributed by atoms with E-state index in [-0.39, 0.29) is 0 Å². The van der Waals surface area contributed by atoms with Gasteiger partial charge in [-0.05, 0) is 0 Å².